The highest BCUT2D eigenvalue weighted by Crippen LogP contribution is 2.26. The fourth-order valence-electron chi connectivity index (χ4n) is 2.70. The van der Waals surface area contributed by atoms with Gasteiger partial charge in [-0.25, -0.2) is 9.38 Å². The number of hydrogen-bond donors (Lipinski definition) is 2. The first-order valence-corrected chi connectivity index (χ1v) is 8.86. The molecule has 0 spiro atoms. The third-order valence-electron chi connectivity index (χ3n) is 4.14. The molecule has 0 aliphatic carbocycles. The Morgan fingerprint density at radius 3 is 2.64 bits per heavy atom. The molecule has 0 aliphatic rings. The first kappa shape index (κ1) is 23.7. The molecule has 0 fully saturated rings. The standard InChI is InChI=1S/C21H25FN4O.HI/c1-5-24-21(25-13-17-8-7-16(12-23)11-19(17)22)26-15(3)18-10-14(2)6-9-20(18)27-4;/h6-11,15H,5,13H2,1-4H3,(H2,24,25,26);1H. The van der Waals surface area contributed by atoms with E-state index in [4.69, 9.17) is 10.00 Å². The van der Waals surface area contributed by atoms with E-state index in [1.165, 1.54) is 6.07 Å². The molecule has 2 rings (SSSR count). The molecule has 0 bridgehead atoms. The molecule has 0 aromatic heterocycles. The number of ether oxygens (including phenoxy) is 1. The fraction of sp³-hybridized carbons (Fsp3) is 0.333. The quantitative estimate of drug-likeness (QED) is 0.353. The number of hydrogen-bond acceptors (Lipinski definition) is 3. The molecule has 0 amide bonds. The number of nitrogens with one attached hydrogen (secondary N) is 2. The average molecular weight is 496 g/mol. The predicted molar refractivity (Wildman–Crippen MR) is 121 cm³/mol. The van der Waals surface area contributed by atoms with Crippen LogP contribution in [-0.4, -0.2) is 19.6 Å². The van der Waals surface area contributed by atoms with Crippen LogP contribution in [0.3, 0.4) is 0 Å². The third-order valence-corrected chi connectivity index (χ3v) is 4.14. The minimum absolute atomic E-state index is 0. The molecule has 7 heteroatoms. The maximum atomic E-state index is 14.1. The summed E-state index contributed by atoms with van der Waals surface area (Å²) in [6.07, 6.45) is 0. The highest BCUT2D eigenvalue weighted by atomic mass is 127. The van der Waals surface area contributed by atoms with Gasteiger partial charge >= 0.3 is 0 Å². The van der Waals surface area contributed by atoms with Gasteiger partial charge in [0.25, 0.3) is 0 Å². The van der Waals surface area contributed by atoms with Crippen LogP contribution < -0.4 is 15.4 Å². The Morgan fingerprint density at radius 2 is 2.04 bits per heavy atom. The van der Waals surface area contributed by atoms with Gasteiger partial charge in [0.1, 0.15) is 11.6 Å². The molecule has 1 atom stereocenters. The first-order chi connectivity index (χ1) is 13.0. The van der Waals surface area contributed by atoms with Crippen molar-refractivity contribution in [2.75, 3.05) is 13.7 Å². The minimum atomic E-state index is -0.429. The highest BCUT2D eigenvalue weighted by molar-refractivity contribution is 14.0. The summed E-state index contributed by atoms with van der Waals surface area (Å²) >= 11 is 0. The SMILES string of the molecule is CCNC(=NCc1ccc(C#N)cc1F)NC(C)c1cc(C)ccc1OC.I. The predicted octanol–water partition coefficient (Wildman–Crippen LogP) is 4.45. The number of aliphatic imine (C=N–C) groups is 1. The largest absolute Gasteiger partial charge is 0.496 e. The molecule has 0 heterocycles. The Labute approximate surface area is 183 Å². The topological polar surface area (TPSA) is 69.4 Å². The Kier molecular flexibility index (Phi) is 9.73. The zero-order valence-corrected chi connectivity index (χ0v) is 18.9. The third kappa shape index (κ3) is 6.37. The Hall–Kier alpha value is -2.34. The molecule has 5 nitrogen and oxygen atoms in total. The number of guanidine groups is 1. The van der Waals surface area contributed by atoms with Crippen LogP contribution >= 0.6 is 24.0 Å². The summed E-state index contributed by atoms with van der Waals surface area (Å²) in [4.78, 5) is 4.47. The van der Waals surface area contributed by atoms with Gasteiger partial charge in [0.15, 0.2) is 5.96 Å². The summed E-state index contributed by atoms with van der Waals surface area (Å²) in [5.74, 6) is 0.953. The number of benzene rings is 2. The van der Waals surface area contributed by atoms with Crippen LogP contribution in [0.15, 0.2) is 41.4 Å². The Bertz CT molecular complexity index is 864. The molecule has 0 aliphatic heterocycles. The van der Waals surface area contributed by atoms with Crippen molar-refractivity contribution in [3.8, 4) is 11.8 Å². The van der Waals surface area contributed by atoms with Gasteiger partial charge in [-0.2, -0.15) is 5.26 Å². The van der Waals surface area contributed by atoms with Crippen LogP contribution in [0.1, 0.15) is 42.1 Å². The molecule has 150 valence electrons. The van der Waals surface area contributed by atoms with E-state index in [0.29, 0.717) is 23.6 Å². The van der Waals surface area contributed by atoms with Gasteiger partial charge in [0.2, 0.25) is 0 Å². The van der Waals surface area contributed by atoms with Crippen molar-refractivity contribution in [3.63, 3.8) is 0 Å². The molecular formula is C21H26FIN4O. The lowest BCUT2D eigenvalue weighted by Crippen LogP contribution is -2.38. The van der Waals surface area contributed by atoms with E-state index in [1.54, 1.807) is 19.2 Å². The monoisotopic (exact) mass is 496 g/mol. The van der Waals surface area contributed by atoms with Gasteiger partial charge in [-0.15, -0.1) is 24.0 Å². The lowest BCUT2D eigenvalue weighted by molar-refractivity contribution is 0.405. The van der Waals surface area contributed by atoms with Gasteiger partial charge in [-0.1, -0.05) is 23.8 Å². The van der Waals surface area contributed by atoms with Crippen molar-refractivity contribution in [1.29, 1.82) is 5.26 Å². The zero-order valence-electron chi connectivity index (χ0n) is 16.5. The van der Waals surface area contributed by atoms with E-state index < -0.39 is 5.82 Å². The summed E-state index contributed by atoms with van der Waals surface area (Å²) < 4.78 is 19.5. The number of aryl methyl sites for hydroxylation is 1. The van der Waals surface area contributed by atoms with Crippen molar-refractivity contribution in [2.24, 2.45) is 4.99 Å². The summed E-state index contributed by atoms with van der Waals surface area (Å²) in [7, 11) is 1.65. The second-order valence-electron chi connectivity index (χ2n) is 6.22. The van der Waals surface area contributed by atoms with Crippen LogP contribution in [0.2, 0.25) is 0 Å². The van der Waals surface area contributed by atoms with Crippen LogP contribution in [0.5, 0.6) is 5.75 Å². The van der Waals surface area contributed by atoms with E-state index in [-0.39, 0.29) is 36.6 Å². The van der Waals surface area contributed by atoms with Gasteiger partial charge in [0, 0.05) is 17.7 Å². The van der Waals surface area contributed by atoms with Gasteiger partial charge in [-0.05, 0) is 39.0 Å². The van der Waals surface area contributed by atoms with Crippen molar-refractivity contribution in [2.45, 2.75) is 33.4 Å². The van der Waals surface area contributed by atoms with Crippen molar-refractivity contribution >= 4 is 29.9 Å². The van der Waals surface area contributed by atoms with Gasteiger partial charge in [0.05, 0.1) is 31.3 Å². The molecule has 2 aromatic carbocycles. The average Bonchev–Trinajstić information content (AvgIpc) is 2.66. The summed E-state index contributed by atoms with van der Waals surface area (Å²) in [5.41, 5.74) is 2.89. The fourth-order valence-corrected chi connectivity index (χ4v) is 2.70. The lowest BCUT2D eigenvalue weighted by Gasteiger charge is -2.20. The number of rotatable bonds is 6. The van der Waals surface area contributed by atoms with Crippen molar-refractivity contribution in [3.05, 3.63) is 64.5 Å². The lowest BCUT2D eigenvalue weighted by atomic mass is 10.0. The molecule has 28 heavy (non-hydrogen) atoms. The van der Waals surface area contributed by atoms with Crippen LogP contribution in [0, 0.1) is 24.1 Å². The summed E-state index contributed by atoms with van der Waals surface area (Å²) in [6, 6.07) is 12.3. The van der Waals surface area contributed by atoms with Gasteiger partial charge < -0.3 is 15.4 Å². The van der Waals surface area contributed by atoms with E-state index in [2.05, 4.69) is 21.7 Å². The van der Waals surface area contributed by atoms with Crippen LogP contribution in [-0.2, 0) is 6.54 Å². The van der Waals surface area contributed by atoms with Crippen molar-refractivity contribution < 1.29 is 9.13 Å². The molecule has 0 saturated heterocycles. The van der Waals surface area contributed by atoms with Crippen molar-refractivity contribution in [1.82, 2.24) is 10.6 Å². The van der Waals surface area contributed by atoms with E-state index in [0.717, 1.165) is 16.9 Å². The second-order valence-corrected chi connectivity index (χ2v) is 6.22. The first-order valence-electron chi connectivity index (χ1n) is 8.86. The van der Waals surface area contributed by atoms with Gasteiger partial charge in [-0.3, -0.25) is 0 Å². The number of nitriles is 1. The molecule has 2 N–H and O–H groups in total. The summed E-state index contributed by atoms with van der Waals surface area (Å²) in [5, 5.41) is 15.3. The number of methoxy groups -OCH3 is 1. The van der Waals surface area contributed by atoms with E-state index in [1.807, 2.05) is 39.0 Å². The molecule has 0 radical (unpaired) electrons. The Morgan fingerprint density at radius 1 is 1.29 bits per heavy atom. The normalized spacial score (nSPS) is 11.8. The highest BCUT2D eigenvalue weighted by Gasteiger charge is 2.13. The smallest absolute Gasteiger partial charge is 0.192 e. The minimum Gasteiger partial charge on any atom is -0.496 e. The van der Waals surface area contributed by atoms with Crippen LogP contribution in [0.4, 0.5) is 4.39 Å². The molecule has 2 aromatic rings. The number of nitrogens with zero attached hydrogens (tertiary/aromatic N) is 2. The second kappa shape index (κ2) is 11.5. The summed E-state index contributed by atoms with van der Waals surface area (Å²) in [6.45, 7) is 6.87. The maximum absolute atomic E-state index is 14.1. The molecule has 1 unspecified atom stereocenters. The van der Waals surface area contributed by atoms with E-state index >= 15 is 0 Å². The maximum Gasteiger partial charge on any atom is 0.192 e. The van der Waals surface area contributed by atoms with E-state index in [9.17, 15) is 4.39 Å². The van der Waals surface area contributed by atoms with Crippen LogP contribution in [0.25, 0.3) is 0 Å². The number of halogens is 2. The molecule has 0 saturated carbocycles. The zero-order chi connectivity index (χ0) is 19.8. The Balaban J connectivity index is 0.00000392. The molecular weight excluding hydrogens is 470 g/mol.